The molecule has 0 atom stereocenters. The maximum absolute atomic E-state index is 2.35. The largest absolute Gasteiger partial charge is 0.310 e. The van der Waals surface area contributed by atoms with Gasteiger partial charge < -0.3 is 4.90 Å². The van der Waals surface area contributed by atoms with E-state index in [2.05, 4.69) is 136 Å². The van der Waals surface area contributed by atoms with Crippen molar-refractivity contribution in [2.75, 3.05) is 4.90 Å². The SMILES string of the molecule is Cc1ccc(N(c2cccc(-c3ccccc3)c2)c2cccc(C(C)(C)C)c2)cc1. The molecule has 150 valence electrons. The maximum Gasteiger partial charge on any atom is 0.0467 e. The fraction of sp³-hybridized carbons (Fsp3) is 0.172. The van der Waals surface area contributed by atoms with E-state index >= 15 is 0 Å². The van der Waals surface area contributed by atoms with Gasteiger partial charge in [0, 0.05) is 17.1 Å². The molecule has 0 fully saturated rings. The predicted molar refractivity (Wildman–Crippen MR) is 130 cm³/mol. The van der Waals surface area contributed by atoms with Gasteiger partial charge in [0.25, 0.3) is 0 Å². The predicted octanol–water partition coefficient (Wildman–Crippen LogP) is 8.43. The van der Waals surface area contributed by atoms with Crippen molar-refractivity contribution in [2.24, 2.45) is 0 Å². The summed E-state index contributed by atoms with van der Waals surface area (Å²) >= 11 is 0. The highest BCUT2D eigenvalue weighted by Crippen LogP contribution is 2.38. The molecular weight excluding hydrogens is 362 g/mol. The van der Waals surface area contributed by atoms with Crippen molar-refractivity contribution in [1.29, 1.82) is 0 Å². The minimum absolute atomic E-state index is 0.0981. The normalized spacial score (nSPS) is 11.3. The summed E-state index contributed by atoms with van der Waals surface area (Å²) in [5.74, 6) is 0. The Kier molecular flexibility index (Phi) is 5.46. The summed E-state index contributed by atoms with van der Waals surface area (Å²) in [4.78, 5) is 2.35. The van der Waals surface area contributed by atoms with Crippen LogP contribution in [0.1, 0.15) is 31.9 Å². The minimum atomic E-state index is 0.0981. The van der Waals surface area contributed by atoms with Crippen molar-refractivity contribution in [1.82, 2.24) is 0 Å². The molecule has 0 aliphatic rings. The van der Waals surface area contributed by atoms with Crippen molar-refractivity contribution in [3.8, 4) is 11.1 Å². The van der Waals surface area contributed by atoms with E-state index in [1.807, 2.05) is 0 Å². The van der Waals surface area contributed by atoms with Gasteiger partial charge in [0.15, 0.2) is 0 Å². The van der Waals surface area contributed by atoms with Gasteiger partial charge in [-0.2, -0.15) is 0 Å². The van der Waals surface area contributed by atoms with Crippen LogP contribution in [0.15, 0.2) is 103 Å². The second-order valence-electron chi connectivity index (χ2n) is 8.89. The first kappa shape index (κ1) is 20.0. The van der Waals surface area contributed by atoms with Crippen LogP contribution < -0.4 is 4.90 Å². The molecular formula is C29H29N. The maximum atomic E-state index is 2.35. The topological polar surface area (TPSA) is 3.24 Å². The van der Waals surface area contributed by atoms with Crippen molar-refractivity contribution < 1.29 is 0 Å². The molecule has 0 aromatic heterocycles. The first-order valence-electron chi connectivity index (χ1n) is 10.5. The van der Waals surface area contributed by atoms with Crippen LogP contribution in [0.25, 0.3) is 11.1 Å². The van der Waals surface area contributed by atoms with Gasteiger partial charge in [-0.15, -0.1) is 0 Å². The highest BCUT2D eigenvalue weighted by Gasteiger charge is 2.18. The lowest BCUT2D eigenvalue weighted by molar-refractivity contribution is 0.590. The highest BCUT2D eigenvalue weighted by atomic mass is 15.1. The van der Waals surface area contributed by atoms with Gasteiger partial charge in [-0.25, -0.2) is 0 Å². The van der Waals surface area contributed by atoms with E-state index in [0.717, 1.165) is 11.4 Å². The molecule has 0 bridgehead atoms. The Morgan fingerprint density at radius 2 is 1.13 bits per heavy atom. The number of hydrogen-bond donors (Lipinski definition) is 0. The first-order chi connectivity index (χ1) is 14.4. The Balaban J connectivity index is 1.86. The molecule has 0 radical (unpaired) electrons. The third kappa shape index (κ3) is 4.31. The van der Waals surface area contributed by atoms with Crippen LogP contribution >= 0.6 is 0 Å². The van der Waals surface area contributed by atoms with Crippen LogP contribution in [0.5, 0.6) is 0 Å². The molecule has 0 saturated heterocycles. The molecule has 30 heavy (non-hydrogen) atoms. The first-order valence-corrected chi connectivity index (χ1v) is 10.5. The molecule has 1 heteroatoms. The summed E-state index contributed by atoms with van der Waals surface area (Å²) in [6.45, 7) is 8.92. The Hall–Kier alpha value is -3.32. The zero-order valence-corrected chi connectivity index (χ0v) is 18.3. The third-order valence-electron chi connectivity index (χ3n) is 5.47. The molecule has 4 rings (SSSR count). The molecule has 0 aliphatic heterocycles. The van der Waals surface area contributed by atoms with E-state index in [1.165, 1.54) is 27.9 Å². The van der Waals surface area contributed by atoms with Gasteiger partial charge >= 0.3 is 0 Å². The van der Waals surface area contributed by atoms with Gasteiger partial charge in [-0.3, -0.25) is 0 Å². The molecule has 0 N–H and O–H groups in total. The number of anilines is 3. The summed E-state index contributed by atoms with van der Waals surface area (Å²) in [5.41, 5.74) is 8.64. The van der Waals surface area contributed by atoms with Crippen LogP contribution in [0.2, 0.25) is 0 Å². The zero-order valence-electron chi connectivity index (χ0n) is 18.3. The molecule has 0 saturated carbocycles. The molecule has 0 aliphatic carbocycles. The van der Waals surface area contributed by atoms with Gasteiger partial charge in [0.2, 0.25) is 0 Å². The lowest BCUT2D eigenvalue weighted by Gasteiger charge is -2.28. The van der Waals surface area contributed by atoms with Gasteiger partial charge in [0.1, 0.15) is 0 Å². The van der Waals surface area contributed by atoms with E-state index in [1.54, 1.807) is 0 Å². The molecule has 4 aromatic rings. The van der Waals surface area contributed by atoms with Crippen LogP contribution in [0.4, 0.5) is 17.1 Å². The molecule has 1 nitrogen and oxygen atoms in total. The molecule has 4 aromatic carbocycles. The van der Waals surface area contributed by atoms with E-state index in [0.29, 0.717) is 0 Å². The van der Waals surface area contributed by atoms with Crippen molar-refractivity contribution in [2.45, 2.75) is 33.1 Å². The van der Waals surface area contributed by atoms with Crippen molar-refractivity contribution in [3.05, 3.63) is 114 Å². The smallest absolute Gasteiger partial charge is 0.0467 e. The lowest BCUT2D eigenvalue weighted by Crippen LogP contribution is -2.14. The van der Waals surface area contributed by atoms with Crippen LogP contribution in [0.3, 0.4) is 0 Å². The lowest BCUT2D eigenvalue weighted by atomic mass is 9.87. The molecule has 0 heterocycles. The van der Waals surface area contributed by atoms with E-state index in [9.17, 15) is 0 Å². The van der Waals surface area contributed by atoms with E-state index in [4.69, 9.17) is 0 Å². The van der Waals surface area contributed by atoms with Crippen LogP contribution in [-0.4, -0.2) is 0 Å². The number of benzene rings is 4. The van der Waals surface area contributed by atoms with Crippen molar-refractivity contribution in [3.63, 3.8) is 0 Å². The van der Waals surface area contributed by atoms with Gasteiger partial charge in [-0.05, 0) is 65.4 Å². The number of nitrogens with zero attached hydrogens (tertiary/aromatic N) is 1. The van der Waals surface area contributed by atoms with E-state index in [-0.39, 0.29) is 5.41 Å². The second kappa shape index (κ2) is 8.20. The fourth-order valence-corrected chi connectivity index (χ4v) is 3.71. The van der Waals surface area contributed by atoms with E-state index < -0.39 is 0 Å². The average Bonchev–Trinajstić information content (AvgIpc) is 2.76. The Labute approximate surface area is 180 Å². The summed E-state index contributed by atoms with van der Waals surface area (Å²) in [5, 5.41) is 0. The van der Waals surface area contributed by atoms with Crippen LogP contribution in [0, 0.1) is 6.92 Å². The monoisotopic (exact) mass is 391 g/mol. The summed E-state index contributed by atoms with van der Waals surface area (Å²) in [6, 6.07) is 37.0. The summed E-state index contributed by atoms with van der Waals surface area (Å²) in [7, 11) is 0. The number of aryl methyl sites for hydroxylation is 1. The Morgan fingerprint density at radius 1 is 0.533 bits per heavy atom. The minimum Gasteiger partial charge on any atom is -0.310 e. The number of rotatable bonds is 4. The quantitative estimate of drug-likeness (QED) is 0.337. The van der Waals surface area contributed by atoms with Gasteiger partial charge in [-0.1, -0.05) is 93.1 Å². The zero-order chi connectivity index (χ0) is 21.1. The number of hydrogen-bond acceptors (Lipinski definition) is 1. The molecule has 0 unspecified atom stereocenters. The van der Waals surface area contributed by atoms with Crippen molar-refractivity contribution >= 4 is 17.1 Å². The highest BCUT2D eigenvalue weighted by molar-refractivity contribution is 5.80. The van der Waals surface area contributed by atoms with Gasteiger partial charge in [0.05, 0.1) is 0 Å². The van der Waals surface area contributed by atoms with Crippen LogP contribution in [-0.2, 0) is 5.41 Å². The third-order valence-corrected chi connectivity index (χ3v) is 5.47. The molecule has 0 spiro atoms. The molecule has 0 amide bonds. The Bertz CT molecular complexity index is 1120. The Morgan fingerprint density at radius 3 is 1.80 bits per heavy atom. The second-order valence-corrected chi connectivity index (χ2v) is 8.89. The summed E-state index contributed by atoms with van der Waals surface area (Å²) in [6.07, 6.45) is 0. The summed E-state index contributed by atoms with van der Waals surface area (Å²) < 4.78 is 0. The average molecular weight is 392 g/mol. The standard InChI is InChI=1S/C29H29N/c1-22-16-18-26(19-17-22)30(28-15-9-13-25(21-28)29(2,3)4)27-14-8-12-24(20-27)23-10-6-5-7-11-23/h5-21H,1-4H3. The fourth-order valence-electron chi connectivity index (χ4n) is 3.71.